The molecule has 0 atom stereocenters. The predicted octanol–water partition coefficient (Wildman–Crippen LogP) is 2.68. The molecular weight excluding hydrogens is 336 g/mol. The molecule has 1 N–H and O–H groups in total. The van der Waals surface area contributed by atoms with E-state index in [9.17, 15) is 31.1 Å². The Kier molecular flexibility index (Phi) is 4.44. The zero-order valence-electron chi connectivity index (χ0n) is 10.3. The third-order valence-corrected chi connectivity index (χ3v) is 3.29. The Bertz CT molecular complexity index is 685. The van der Waals surface area contributed by atoms with Crippen molar-refractivity contribution in [2.24, 2.45) is 10.2 Å². The van der Waals surface area contributed by atoms with Gasteiger partial charge in [0.2, 0.25) is 5.91 Å². The van der Waals surface area contributed by atoms with Gasteiger partial charge < -0.3 is 5.32 Å². The molecule has 0 aromatic heterocycles. The second kappa shape index (κ2) is 5.99. The van der Waals surface area contributed by atoms with Crippen LogP contribution < -0.4 is 5.32 Å². The SMILES string of the molecule is O=C1CSC(=NN=Cc2c(C(F)(F)F)cc(F)c(F)c2F)N1. The highest BCUT2D eigenvalue weighted by Gasteiger charge is 2.36. The summed E-state index contributed by atoms with van der Waals surface area (Å²) in [6, 6.07) is -0.168. The molecule has 1 aromatic rings. The fourth-order valence-corrected chi connectivity index (χ4v) is 2.12. The highest BCUT2D eigenvalue weighted by molar-refractivity contribution is 8.15. The first-order valence-corrected chi connectivity index (χ1v) is 6.47. The summed E-state index contributed by atoms with van der Waals surface area (Å²) in [6.07, 6.45) is -4.81. The molecule has 0 bridgehead atoms. The van der Waals surface area contributed by atoms with Gasteiger partial charge in [0.25, 0.3) is 0 Å². The topological polar surface area (TPSA) is 53.8 Å². The van der Waals surface area contributed by atoms with Gasteiger partial charge >= 0.3 is 6.18 Å². The number of amides is 1. The average molecular weight is 341 g/mol. The highest BCUT2D eigenvalue weighted by Crippen LogP contribution is 2.34. The van der Waals surface area contributed by atoms with Gasteiger partial charge in [0, 0.05) is 5.56 Å². The largest absolute Gasteiger partial charge is 0.417 e. The molecule has 0 spiro atoms. The maximum atomic E-state index is 13.5. The lowest BCUT2D eigenvalue weighted by atomic mass is 10.1. The number of benzene rings is 1. The zero-order valence-corrected chi connectivity index (χ0v) is 11.2. The van der Waals surface area contributed by atoms with Gasteiger partial charge in [-0.05, 0) is 6.07 Å². The number of carbonyl (C=O) groups excluding carboxylic acids is 1. The Labute approximate surface area is 123 Å². The molecule has 0 unspecified atom stereocenters. The maximum Gasteiger partial charge on any atom is 0.417 e. The van der Waals surface area contributed by atoms with Crippen molar-refractivity contribution in [1.82, 2.24) is 5.32 Å². The first-order valence-electron chi connectivity index (χ1n) is 5.48. The number of rotatable bonds is 2. The summed E-state index contributed by atoms with van der Waals surface area (Å²) in [5.41, 5.74) is -3.01. The van der Waals surface area contributed by atoms with Crippen LogP contribution >= 0.6 is 11.8 Å². The van der Waals surface area contributed by atoms with Gasteiger partial charge in [-0.25, -0.2) is 13.2 Å². The summed E-state index contributed by atoms with van der Waals surface area (Å²) >= 11 is 0.931. The number of nitrogens with zero attached hydrogens (tertiary/aromatic N) is 2. The number of thioether (sulfide) groups is 1. The molecule has 1 heterocycles. The number of alkyl halides is 3. The van der Waals surface area contributed by atoms with Crippen LogP contribution in [0.5, 0.6) is 0 Å². The van der Waals surface area contributed by atoms with Crippen LogP contribution in [-0.2, 0) is 11.0 Å². The lowest BCUT2D eigenvalue weighted by Crippen LogP contribution is -2.19. The van der Waals surface area contributed by atoms with Crippen LogP contribution in [0.4, 0.5) is 26.3 Å². The minimum atomic E-state index is -5.11. The van der Waals surface area contributed by atoms with Crippen molar-refractivity contribution < 1.29 is 31.1 Å². The van der Waals surface area contributed by atoms with Crippen molar-refractivity contribution in [1.29, 1.82) is 0 Å². The van der Waals surface area contributed by atoms with Gasteiger partial charge in [-0.15, -0.1) is 5.10 Å². The van der Waals surface area contributed by atoms with E-state index in [1.54, 1.807) is 0 Å². The minimum absolute atomic E-state index is 0.00204. The van der Waals surface area contributed by atoms with E-state index in [4.69, 9.17) is 0 Å². The van der Waals surface area contributed by atoms with Crippen molar-refractivity contribution in [3.05, 3.63) is 34.6 Å². The smallest absolute Gasteiger partial charge is 0.303 e. The van der Waals surface area contributed by atoms with Crippen molar-refractivity contribution in [3.63, 3.8) is 0 Å². The number of nitrogens with one attached hydrogen (secondary N) is 1. The number of hydrogen-bond donors (Lipinski definition) is 1. The van der Waals surface area contributed by atoms with Crippen LogP contribution in [0.2, 0.25) is 0 Å². The normalized spacial score (nSPS) is 17.5. The van der Waals surface area contributed by atoms with Gasteiger partial charge in [0.05, 0.1) is 17.5 Å². The van der Waals surface area contributed by atoms with Crippen LogP contribution in [0, 0.1) is 17.5 Å². The predicted molar refractivity (Wildman–Crippen MR) is 66.9 cm³/mol. The lowest BCUT2D eigenvalue weighted by Gasteiger charge is -2.11. The summed E-state index contributed by atoms with van der Waals surface area (Å²) < 4.78 is 77.6. The van der Waals surface area contributed by atoms with E-state index in [0.717, 1.165) is 11.8 Å². The van der Waals surface area contributed by atoms with Crippen LogP contribution in [0.3, 0.4) is 0 Å². The molecule has 1 amide bonds. The van der Waals surface area contributed by atoms with Crippen molar-refractivity contribution in [3.8, 4) is 0 Å². The first-order chi connectivity index (χ1) is 10.2. The Balaban J connectivity index is 2.41. The Morgan fingerprint density at radius 1 is 1.23 bits per heavy atom. The molecule has 1 fully saturated rings. The fourth-order valence-electron chi connectivity index (χ4n) is 1.49. The lowest BCUT2D eigenvalue weighted by molar-refractivity contribution is -0.138. The number of hydrogen-bond acceptors (Lipinski definition) is 4. The van der Waals surface area contributed by atoms with E-state index in [1.165, 1.54) is 0 Å². The molecule has 2 rings (SSSR count). The molecule has 0 radical (unpaired) electrons. The Hall–Kier alpha value is -2.04. The van der Waals surface area contributed by atoms with Crippen molar-refractivity contribution >= 4 is 29.1 Å². The van der Waals surface area contributed by atoms with E-state index in [-0.39, 0.29) is 22.9 Å². The third-order valence-electron chi connectivity index (χ3n) is 2.43. The standard InChI is InChI=1S/C11H5F6N3OS/c12-6-1-5(11(15,16)17)4(8(13)9(6)14)2-18-20-10-19-7(21)3-22-10/h1-2H,3H2,(H,19,20,21). The second-order valence-electron chi connectivity index (χ2n) is 3.93. The number of carbonyl (C=O) groups is 1. The summed E-state index contributed by atoms with van der Waals surface area (Å²) in [4.78, 5) is 10.8. The van der Waals surface area contributed by atoms with E-state index < -0.39 is 34.8 Å². The molecule has 0 saturated carbocycles. The third kappa shape index (κ3) is 3.40. The van der Waals surface area contributed by atoms with Crippen molar-refractivity contribution in [2.45, 2.75) is 6.18 Å². The summed E-state index contributed by atoms with van der Waals surface area (Å²) in [7, 11) is 0. The van der Waals surface area contributed by atoms with E-state index in [0.29, 0.717) is 6.21 Å². The Morgan fingerprint density at radius 2 is 1.91 bits per heavy atom. The molecule has 22 heavy (non-hydrogen) atoms. The van der Waals surface area contributed by atoms with Gasteiger partial charge in [0.15, 0.2) is 22.6 Å². The quantitative estimate of drug-likeness (QED) is 0.389. The van der Waals surface area contributed by atoms with E-state index >= 15 is 0 Å². The number of halogens is 6. The molecular formula is C11H5F6N3OS. The van der Waals surface area contributed by atoms with E-state index in [1.807, 2.05) is 0 Å². The summed E-state index contributed by atoms with van der Waals surface area (Å²) in [5, 5.41) is 8.74. The van der Waals surface area contributed by atoms with Gasteiger partial charge in [-0.2, -0.15) is 18.3 Å². The molecule has 118 valence electrons. The molecule has 1 saturated heterocycles. The van der Waals surface area contributed by atoms with Gasteiger partial charge in [-0.1, -0.05) is 11.8 Å². The Morgan fingerprint density at radius 3 is 2.45 bits per heavy atom. The van der Waals surface area contributed by atoms with Gasteiger partial charge in [0.1, 0.15) is 0 Å². The molecule has 1 aliphatic rings. The van der Waals surface area contributed by atoms with Gasteiger partial charge in [-0.3, -0.25) is 4.79 Å². The molecule has 1 aliphatic heterocycles. The maximum absolute atomic E-state index is 13.5. The van der Waals surface area contributed by atoms with Crippen LogP contribution in [0.25, 0.3) is 0 Å². The number of amidine groups is 1. The van der Waals surface area contributed by atoms with Crippen LogP contribution in [-0.4, -0.2) is 23.0 Å². The zero-order chi connectivity index (χ0) is 16.5. The fraction of sp³-hybridized carbons (Fsp3) is 0.182. The molecule has 0 aliphatic carbocycles. The van der Waals surface area contributed by atoms with E-state index in [2.05, 4.69) is 15.5 Å². The minimum Gasteiger partial charge on any atom is -0.303 e. The average Bonchev–Trinajstić information content (AvgIpc) is 2.83. The van der Waals surface area contributed by atoms with Crippen molar-refractivity contribution in [2.75, 3.05) is 5.75 Å². The van der Waals surface area contributed by atoms with Crippen LogP contribution in [0.15, 0.2) is 16.3 Å². The summed E-state index contributed by atoms with van der Waals surface area (Å²) in [6.45, 7) is 0. The second-order valence-corrected chi connectivity index (χ2v) is 4.90. The van der Waals surface area contributed by atoms with Crippen LogP contribution in [0.1, 0.15) is 11.1 Å². The monoisotopic (exact) mass is 341 g/mol. The molecule has 4 nitrogen and oxygen atoms in total. The summed E-state index contributed by atoms with van der Waals surface area (Å²) in [5.74, 6) is -6.37. The molecule has 1 aromatic carbocycles. The molecule has 11 heteroatoms. The highest BCUT2D eigenvalue weighted by atomic mass is 32.2. The first kappa shape index (κ1) is 16.3.